The van der Waals surface area contributed by atoms with Crippen LogP contribution in [0.3, 0.4) is 0 Å². The Morgan fingerprint density at radius 3 is 3.15 bits per heavy atom. The molecule has 2 heterocycles. The van der Waals surface area contributed by atoms with Gasteiger partial charge in [-0.1, -0.05) is 6.07 Å². The van der Waals surface area contributed by atoms with E-state index in [0.29, 0.717) is 0 Å². The Balaban J connectivity index is 2.54. The van der Waals surface area contributed by atoms with Crippen LogP contribution in [0.1, 0.15) is 5.69 Å². The Labute approximate surface area is 74.5 Å². The van der Waals surface area contributed by atoms with E-state index < -0.39 is 5.97 Å². The Morgan fingerprint density at radius 1 is 1.54 bits per heavy atom. The van der Waals surface area contributed by atoms with E-state index in [1.54, 1.807) is 28.9 Å². The van der Waals surface area contributed by atoms with Crippen LogP contribution in [-0.4, -0.2) is 20.5 Å². The summed E-state index contributed by atoms with van der Waals surface area (Å²) in [5.74, 6) is -0.832. The first kappa shape index (κ1) is 7.79. The molecule has 0 aromatic carbocycles. The van der Waals surface area contributed by atoms with Crippen molar-refractivity contribution in [3.8, 4) is 0 Å². The molecule has 0 unspecified atom stereocenters. The van der Waals surface area contributed by atoms with E-state index in [1.165, 1.54) is 0 Å². The van der Waals surface area contributed by atoms with Crippen LogP contribution >= 0.6 is 0 Å². The van der Waals surface area contributed by atoms with Crippen molar-refractivity contribution in [1.29, 1.82) is 0 Å². The summed E-state index contributed by atoms with van der Waals surface area (Å²) in [6.07, 6.45) is 3.43. The number of aromatic nitrogens is 2. The second kappa shape index (κ2) is 2.90. The first-order chi connectivity index (χ1) is 6.27. The molecule has 0 bridgehead atoms. The molecule has 4 nitrogen and oxygen atoms in total. The second-order valence-corrected chi connectivity index (χ2v) is 2.74. The minimum atomic E-state index is -0.832. The van der Waals surface area contributed by atoms with E-state index >= 15 is 0 Å². The Hall–Kier alpha value is -1.84. The summed E-state index contributed by atoms with van der Waals surface area (Å²) in [7, 11) is 0. The van der Waals surface area contributed by atoms with Crippen LogP contribution in [0.25, 0.3) is 5.65 Å². The van der Waals surface area contributed by atoms with Crippen LogP contribution in [-0.2, 0) is 11.2 Å². The lowest BCUT2D eigenvalue weighted by Crippen LogP contribution is -2.04. The Kier molecular flexibility index (Phi) is 1.73. The van der Waals surface area contributed by atoms with Crippen LogP contribution in [0.15, 0.2) is 30.6 Å². The number of carboxylic acids is 1. The molecule has 2 aromatic rings. The number of rotatable bonds is 2. The molecule has 1 N–H and O–H groups in total. The highest BCUT2D eigenvalue weighted by atomic mass is 16.4. The van der Waals surface area contributed by atoms with Crippen molar-refractivity contribution in [2.75, 3.05) is 0 Å². The number of hydrogen-bond donors (Lipinski definition) is 1. The highest BCUT2D eigenvalue weighted by Gasteiger charge is 2.04. The molecule has 2 rings (SSSR count). The Bertz CT molecular complexity index is 448. The van der Waals surface area contributed by atoms with Crippen LogP contribution < -0.4 is 0 Å². The smallest absolute Gasteiger partial charge is 0.309 e. The van der Waals surface area contributed by atoms with Crippen molar-refractivity contribution < 1.29 is 9.90 Å². The zero-order valence-electron chi connectivity index (χ0n) is 6.84. The summed E-state index contributed by atoms with van der Waals surface area (Å²) >= 11 is 0. The third-order valence-corrected chi connectivity index (χ3v) is 1.85. The lowest BCUT2D eigenvalue weighted by Gasteiger charge is -2.00. The molecular formula is C9H8N2O2. The molecule has 0 fully saturated rings. The van der Waals surface area contributed by atoms with Crippen molar-refractivity contribution in [2.24, 2.45) is 0 Å². The molecule has 0 aliphatic heterocycles. The number of pyridine rings is 1. The van der Waals surface area contributed by atoms with Gasteiger partial charge in [-0.2, -0.15) is 0 Å². The second-order valence-electron chi connectivity index (χ2n) is 2.74. The fourth-order valence-corrected chi connectivity index (χ4v) is 1.31. The fourth-order valence-electron chi connectivity index (χ4n) is 1.31. The van der Waals surface area contributed by atoms with Crippen molar-refractivity contribution >= 4 is 11.6 Å². The molecule has 4 heteroatoms. The highest BCUT2D eigenvalue weighted by Crippen LogP contribution is 2.06. The van der Waals surface area contributed by atoms with Gasteiger partial charge >= 0.3 is 5.97 Å². The van der Waals surface area contributed by atoms with Gasteiger partial charge in [0.2, 0.25) is 0 Å². The van der Waals surface area contributed by atoms with Gasteiger partial charge in [0.05, 0.1) is 6.42 Å². The fraction of sp³-hybridized carbons (Fsp3) is 0.111. The van der Waals surface area contributed by atoms with E-state index in [1.807, 2.05) is 6.07 Å². The van der Waals surface area contributed by atoms with E-state index in [-0.39, 0.29) is 6.42 Å². The Morgan fingerprint density at radius 2 is 2.38 bits per heavy atom. The number of aliphatic carboxylic acids is 1. The third kappa shape index (κ3) is 1.38. The van der Waals surface area contributed by atoms with Gasteiger partial charge in [-0.3, -0.25) is 4.79 Å². The van der Waals surface area contributed by atoms with Crippen molar-refractivity contribution in [3.63, 3.8) is 0 Å². The summed E-state index contributed by atoms with van der Waals surface area (Å²) in [4.78, 5) is 14.6. The topological polar surface area (TPSA) is 54.6 Å². The third-order valence-electron chi connectivity index (χ3n) is 1.85. The minimum absolute atomic E-state index is 0.0215. The number of carboxylic acid groups (broad SMARTS) is 1. The lowest BCUT2D eigenvalue weighted by molar-refractivity contribution is -0.136. The predicted octanol–water partition coefficient (Wildman–Crippen LogP) is 0.961. The monoisotopic (exact) mass is 176 g/mol. The molecule has 0 radical (unpaired) electrons. The number of imidazole rings is 1. The summed E-state index contributed by atoms with van der Waals surface area (Å²) in [6, 6.07) is 5.43. The molecule has 0 atom stereocenters. The zero-order valence-corrected chi connectivity index (χ0v) is 6.84. The number of nitrogens with zero attached hydrogens (tertiary/aromatic N) is 2. The van der Waals surface area contributed by atoms with Crippen LogP contribution in [0, 0.1) is 0 Å². The van der Waals surface area contributed by atoms with Gasteiger partial charge in [0.15, 0.2) is 0 Å². The maximum absolute atomic E-state index is 10.5. The van der Waals surface area contributed by atoms with Gasteiger partial charge < -0.3 is 9.51 Å². The number of carbonyl (C=O) groups is 1. The van der Waals surface area contributed by atoms with E-state index in [9.17, 15) is 4.79 Å². The van der Waals surface area contributed by atoms with Gasteiger partial charge in [0, 0.05) is 18.1 Å². The minimum Gasteiger partial charge on any atom is -0.481 e. The molecule has 0 saturated carbocycles. The molecule has 0 aliphatic carbocycles. The van der Waals surface area contributed by atoms with Crippen molar-refractivity contribution in [3.05, 3.63) is 36.3 Å². The molecule has 0 spiro atoms. The maximum atomic E-state index is 10.5. The van der Waals surface area contributed by atoms with E-state index in [4.69, 9.17) is 5.11 Å². The molecular weight excluding hydrogens is 168 g/mol. The van der Waals surface area contributed by atoms with Crippen molar-refractivity contribution in [1.82, 2.24) is 9.38 Å². The SMILES string of the molecule is O=C(O)Cc1cccc2nccn12. The maximum Gasteiger partial charge on any atom is 0.309 e. The van der Waals surface area contributed by atoms with Crippen LogP contribution in [0.4, 0.5) is 0 Å². The normalized spacial score (nSPS) is 10.5. The van der Waals surface area contributed by atoms with Gasteiger partial charge in [0.25, 0.3) is 0 Å². The first-order valence-corrected chi connectivity index (χ1v) is 3.90. The van der Waals surface area contributed by atoms with E-state index in [0.717, 1.165) is 11.3 Å². The first-order valence-electron chi connectivity index (χ1n) is 3.90. The summed E-state index contributed by atoms with van der Waals surface area (Å²) in [5, 5.41) is 8.63. The average molecular weight is 176 g/mol. The molecule has 2 aromatic heterocycles. The van der Waals surface area contributed by atoms with E-state index in [2.05, 4.69) is 4.98 Å². The lowest BCUT2D eigenvalue weighted by atomic mass is 10.2. The summed E-state index contributed by atoms with van der Waals surface area (Å²) < 4.78 is 1.77. The molecule has 66 valence electrons. The summed E-state index contributed by atoms with van der Waals surface area (Å²) in [6.45, 7) is 0. The van der Waals surface area contributed by atoms with Gasteiger partial charge in [-0.15, -0.1) is 0 Å². The zero-order chi connectivity index (χ0) is 9.26. The highest BCUT2D eigenvalue weighted by molar-refractivity contribution is 5.70. The average Bonchev–Trinajstić information content (AvgIpc) is 2.51. The van der Waals surface area contributed by atoms with Crippen LogP contribution in [0.5, 0.6) is 0 Å². The molecule has 13 heavy (non-hydrogen) atoms. The van der Waals surface area contributed by atoms with Gasteiger partial charge in [0.1, 0.15) is 5.65 Å². The molecule has 0 amide bonds. The summed E-state index contributed by atoms with van der Waals surface area (Å²) in [5.41, 5.74) is 1.52. The molecule has 0 aliphatic rings. The molecule has 0 saturated heterocycles. The number of hydrogen-bond acceptors (Lipinski definition) is 2. The largest absolute Gasteiger partial charge is 0.481 e. The predicted molar refractivity (Wildman–Crippen MR) is 46.5 cm³/mol. The van der Waals surface area contributed by atoms with Gasteiger partial charge in [-0.25, -0.2) is 4.98 Å². The van der Waals surface area contributed by atoms with Crippen molar-refractivity contribution in [2.45, 2.75) is 6.42 Å². The van der Waals surface area contributed by atoms with Crippen LogP contribution in [0.2, 0.25) is 0 Å². The quantitative estimate of drug-likeness (QED) is 0.741. The standard InChI is InChI=1S/C9H8N2O2/c12-9(13)6-7-2-1-3-8-10-4-5-11(7)8/h1-5H,6H2,(H,12,13). The number of fused-ring (bicyclic) bond motifs is 1. The van der Waals surface area contributed by atoms with Gasteiger partial charge in [-0.05, 0) is 12.1 Å².